The van der Waals surface area contributed by atoms with E-state index in [0.29, 0.717) is 22.2 Å². The number of halogens is 1. The Morgan fingerprint density at radius 1 is 1.12 bits per heavy atom. The molecule has 0 atom stereocenters. The van der Waals surface area contributed by atoms with Gasteiger partial charge in [0.05, 0.1) is 23.7 Å². The number of carbonyl (C=O) groups is 1. The topological polar surface area (TPSA) is 84.1 Å². The molecular formula is C19H16ClN3O3. The van der Waals surface area contributed by atoms with Gasteiger partial charge in [0.15, 0.2) is 0 Å². The maximum atomic E-state index is 12.1. The van der Waals surface area contributed by atoms with Crippen molar-refractivity contribution in [1.29, 1.82) is 0 Å². The predicted molar refractivity (Wildman–Crippen MR) is 100 cm³/mol. The van der Waals surface area contributed by atoms with Crippen LogP contribution in [0.4, 0.5) is 5.69 Å². The summed E-state index contributed by atoms with van der Waals surface area (Å²) in [4.78, 5) is 23.2. The number of aromatic amines is 1. The van der Waals surface area contributed by atoms with Crippen molar-refractivity contribution in [2.75, 3.05) is 11.9 Å². The molecule has 2 N–H and O–H groups in total. The van der Waals surface area contributed by atoms with Gasteiger partial charge in [0.25, 0.3) is 5.56 Å². The van der Waals surface area contributed by atoms with Crippen LogP contribution in [0, 0.1) is 0 Å². The van der Waals surface area contributed by atoms with Crippen molar-refractivity contribution in [3.63, 3.8) is 0 Å². The fraction of sp³-hybridized carbons (Fsp3) is 0.105. The van der Waals surface area contributed by atoms with E-state index in [9.17, 15) is 9.59 Å². The Kier molecular flexibility index (Phi) is 5.66. The number of amides is 1. The van der Waals surface area contributed by atoms with E-state index in [0.717, 1.165) is 5.56 Å². The Hall–Kier alpha value is -3.12. The summed E-state index contributed by atoms with van der Waals surface area (Å²) in [6.07, 6.45) is 0.187. The summed E-state index contributed by atoms with van der Waals surface area (Å²) in [6.45, 7) is 0.219. The van der Waals surface area contributed by atoms with Gasteiger partial charge in [-0.3, -0.25) is 9.59 Å². The van der Waals surface area contributed by atoms with Gasteiger partial charge in [-0.1, -0.05) is 35.9 Å². The van der Waals surface area contributed by atoms with Crippen LogP contribution in [0.1, 0.15) is 6.42 Å². The van der Waals surface area contributed by atoms with Crippen LogP contribution in [0.15, 0.2) is 65.5 Å². The average molecular weight is 370 g/mol. The first-order valence-electron chi connectivity index (χ1n) is 7.95. The standard InChI is InChI=1S/C19H16ClN3O3/c20-15-6-1-2-7-17(15)26-11-10-18(24)21-14-5-3-4-13(12-14)16-8-9-19(25)23-22-16/h1-9,12H,10-11H2,(H,21,24)(H,23,25). The highest BCUT2D eigenvalue weighted by atomic mass is 35.5. The Labute approximate surface area is 154 Å². The minimum atomic E-state index is -0.267. The number of hydrogen-bond acceptors (Lipinski definition) is 4. The number of nitrogens with one attached hydrogen (secondary N) is 2. The molecule has 0 aliphatic heterocycles. The summed E-state index contributed by atoms with van der Waals surface area (Å²) in [6, 6.07) is 17.3. The van der Waals surface area contributed by atoms with Crippen LogP contribution in [0.3, 0.4) is 0 Å². The third kappa shape index (κ3) is 4.70. The quantitative estimate of drug-likeness (QED) is 0.696. The molecule has 1 heterocycles. The van der Waals surface area contributed by atoms with E-state index in [1.165, 1.54) is 6.07 Å². The van der Waals surface area contributed by atoms with Gasteiger partial charge in [-0.2, -0.15) is 5.10 Å². The molecule has 0 fully saturated rings. The number of H-pyrrole nitrogens is 1. The van der Waals surface area contributed by atoms with Crippen LogP contribution in [-0.2, 0) is 4.79 Å². The molecule has 3 rings (SSSR count). The second kappa shape index (κ2) is 8.31. The zero-order valence-electron chi connectivity index (χ0n) is 13.7. The van der Waals surface area contributed by atoms with Crippen LogP contribution in [0.25, 0.3) is 11.3 Å². The van der Waals surface area contributed by atoms with Gasteiger partial charge in [-0.15, -0.1) is 0 Å². The van der Waals surface area contributed by atoms with Crippen LogP contribution >= 0.6 is 11.6 Å². The monoisotopic (exact) mass is 369 g/mol. The van der Waals surface area contributed by atoms with E-state index in [4.69, 9.17) is 16.3 Å². The first-order valence-corrected chi connectivity index (χ1v) is 8.33. The summed E-state index contributed by atoms with van der Waals surface area (Å²) in [7, 11) is 0. The zero-order valence-corrected chi connectivity index (χ0v) is 14.5. The minimum absolute atomic E-state index is 0.177. The zero-order chi connectivity index (χ0) is 18.4. The molecule has 0 saturated heterocycles. The van der Waals surface area contributed by atoms with E-state index in [2.05, 4.69) is 15.5 Å². The molecule has 26 heavy (non-hydrogen) atoms. The molecule has 0 aliphatic carbocycles. The number of rotatable bonds is 6. The van der Waals surface area contributed by atoms with Crippen molar-refractivity contribution in [2.24, 2.45) is 0 Å². The summed E-state index contributed by atoms with van der Waals surface area (Å²) in [5.41, 5.74) is 1.77. The fourth-order valence-corrected chi connectivity index (χ4v) is 2.49. The van der Waals surface area contributed by atoms with Crippen molar-refractivity contribution < 1.29 is 9.53 Å². The molecule has 0 bridgehead atoms. The highest BCUT2D eigenvalue weighted by Crippen LogP contribution is 2.23. The summed E-state index contributed by atoms with van der Waals surface area (Å²) < 4.78 is 5.51. The highest BCUT2D eigenvalue weighted by Gasteiger charge is 2.06. The van der Waals surface area contributed by atoms with Crippen LogP contribution in [-0.4, -0.2) is 22.7 Å². The first-order chi connectivity index (χ1) is 12.6. The molecule has 3 aromatic rings. The van der Waals surface area contributed by atoms with Crippen LogP contribution < -0.4 is 15.6 Å². The van der Waals surface area contributed by atoms with E-state index >= 15 is 0 Å². The predicted octanol–water partition coefficient (Wildman–Crippen LogP) is 3.50. The lowest BCUT2D eigenvalue weighted by Crippen LogP contribution is -2.15. The molecular weight excluding hydrogens is 354 g/mol. The molecule has 0 aliphatic rings. The number of carbonyl (C=O) groups excluding carboxylic acids is 1. The van der Waals surface area contributed by atoms with Gasteiger partial charge in [-0.05, 0) is 30.3 Å². The van der Waals surface area contributed by atoms with Gasteiger partial charge in [0.1, 0.15) is 5.75 Å². The molecule has 2 aromatic carbocycles. The molecule has 6 nitrogen and oxygen atoms in total. The number of benzene rings is 2. The van der Waals surface area contributed by atoms with Crippen molar-refractivity contribution in [2.45, 2.75) is 6.42 Å². The molecule has 0 radical (unpaired) electrons. The van der Waals surface area contributed by atoms with E-state index in [1.807, 2.05) is 18.2 Å². The van der Waals surface area contributed by atoms with E-state index in [1.54, 1.807) is 36.4 Å². The van der Waals surface area contributed by atoms with Crippen LogP contribution in [0.5, 0.6) is 5.75 Å². The molecule has 1 amide bonds. The number of para-hydroxylation sites is 1. The highest BCUT2D eigenvalue weighted by molar-refractivity contribution is 6.32. The lowest BCUT2D eigenvalue weighted by Gasteiger charge is -2.09. The van der Waals surface area contributed by atoms with Crippen molar-refractivity contribution >= 4 is 23.2 Å². The molecule has 0 unspecified atom stereocenters. The Balaban J connectivity index is 1.57. The van der Waals surface area contributed by atoms with Gasteiger partial charge >= 0.3 is 0 Å². The molecule has 0 spiro atoms. The van der Waals surface area contributed by atoms with E-state index < -0.39 is 0 Å². The number of nitrogens with zero attached hydrogens (tertiary/aromatic N) is 1. The normalized spacial score (nSPS) is 10.3. The summed E-state index contributed by atoms with van der Waals surface area (Å²) >= 11 is 6.00. The van der Waals surface area contributed by atoms with Gasteiger partial charge in [0, 0.05) is 17.3 Å². The first kappa shape index (κ1) is 17.7. The number of ether oxygens (including phenoxy) is 1. The average Bonchev–Trinajstić information content (AvgIpc) is 2.64. The largest absolute Gasteiger partial charge is 0.491 e. The number of aromatic nitrogens is 2. The Bertz CT molecular complexity index is 951. The molecule has 1 aromatic heterocycles. The van der Waals surface area contributed by atoms with Gasteiger partial charge in [0.2, 0.25) is 5.91 Å². The maximum Gasteiger partial charge on any atom is 0.264 e. The Morgan fingerprint density at radius 3 is 2.73 bits per heavy atom. The molecule has 132 valence electrons. The van der Waals surface area contributed by atoms with Gasteiger partial charge < -0.3 is 10.1 Å². The van der Waals surface area contributed by atoms with Crippen LogP contribution in [0.2, 0.25) is 5.02 Å². The van der Waals surface area contributed by atoms with Crippen molar-refractivity contribution in [3.05, 3.63) is 76.0 Å². The lowest BCUT2D eigenvalue weighted by atomic mass is 10.1. The molecule has 0 saturated carbocycles. The SMILES string of the molecule is O=C(CCOc1ccccc1Cl)Nc1cccc(-c2ccc(=O)[nH]n2)c1. The maximum absolute atomic E-state index is 12.1. The second-order valence-electron chi connectivity index (χ2n) is 5.46. The van der Waals surface area contributed by atoms with Crippen molar-refractivity contribution in [3.8, 4) is 17.0 Å². The number of hydrogen-bond donors (Lipinski definition) is 2. The minimum Gasteiger partial charge on any atom is -0.491 e. The smallest absolute Gasteiger partial charge is 0.264 e. The fourth-order valence-electron chi connectivity index (χ4n) is 2.30. The third-order valence-corrected chi connectivity index (χ3v) is 3.86. The molecule has 7 heteroatoms. The second-order valence-corrected chi connectivity index (χ2v) is 5.87. The van der Waals surface area contributed by atoms with E-state index in [-0.39, 0.29) is 24.5 Å². The van der Waals surface area contributed by atoms with Gasteiger partial charge in [-0.25, -0.2) is 5.10 Å². The summed E-state index contributed by atoms with van der Waals surface area (Å²) in [5.74, 6) is 0.372. The lowest BCUT2D eigenvalue weighted by molar-refractivity contribution is -0.116. The Morgan fingerprint density at radius 2 is 1.96 bits per heavy atom. The number of anilines is 1. The summed E-state index contributed by atoms with van der Waals surface area (Å²) in [5, 5.41) is 9.68. The third-order valence-electron chi connectivity index (χ3n) is 3.54. The van der Waals surface area contributed by atoms with Crippen molar-refractivity contribution in [1.82, 2.24) is 10.2 Å².